The summed E-state index contributed by atoms with van der Waals surface area (Å²) < 4.78 is 25.5. The molecule has 2 rings (SSSR count). The highest BCUT2D eigenvalue weighted by molar-refractivity contribution is 7.99. The van der Waals surface area contributed by atoms with Crippen LogP contribution in [-0.2, 0) is 17.0 Å². The summed E-state index contributed by atoms with van der Waals surface area (Å²) in [5.41, 5.74) is 2.06. The molecule has 0 aliphatic carbocycles. The van der Waals surface area contributed by atoms with Gasteiger partial charge in [0.2, 0.25) is 5.91 Å². The van der Waals surface area contributed by atoms with Crippen molar-refractivity contribution in [3.05, 3.63) is 71.3 Å². The number of benzene rings is 2. The molecule has 0 radical (unpaired) electrons. The highest BCUT2D eigenvalue weighted by Gasteiger charge is 2.02. The fourth-order valence-electron chi connectivity index (χ4n) is 2.06. The fourth-order valence-corrected chi connectivity index (χ4v) is 2.88. The van der Waals surface area contributed by atoms with Gasteiger partial charge in [-0.15, -0.1) is 11.8 Å². The summed E-state index contributed by atoms with van der Waals surface area (Å²) in [4.78, 5) is 11.7. The van der Waals surface area contributed by atoms with Crippen molar-refractivity contribution in [2.45, 2.75) is 18.6 Å². The van der Waals surface area contributed by atoms with Crippen LogP contribution in [0.5, 0.6) is 0 Å². The largest absolute Gasteiger partial charge is 0.355 e. The first-order valence-corrected chi connectivity index (χ1v) is 8.62. The van der Waals surface area contributed by atoms with Crippen LogP contribution >= 0.6 is 11.8 Å². The van der Waals surface area contributed by atoms with Gasteiger partial charge in [-0.1, -0.05) is 24.3 Å². The number of hydrogen-bond acceptors (Lipinski definition) is 2. The van der Waals surface area contributed by atoms with Gasteiger partial charge in [-0.25, -0.2) is 8.78 Å². The van der Waals surface area contributed by atoms with Gasteiger partial charge in [-0.3, -0.25) is 4.79 Å². The minimum absolute atomic E-state index is 0.00350. The van der Waals surface area contributed by atoms with E-state index in [0.717, 1.165) is 24.0 Å². The molecule has 1 amide bonds. The Balaban J connectivity index is 1.56. The summed E-state index contributed by atoms with van der Waals surface area (Å²) in [7, 11) is 0. The maximum atomic E-state index is 12.8. The van der Waals surface area contributed by atoms with Crippen molar-refractivity contribution in [1.82, 2.24) is 5.32 Å². The van der Waals surface area contributed by atoms with Crippen LogP contribution in [0, 0.1) is 11.6 Å². The minimum Gasteiger partial charge on any atom is -0.355 e. The zero-order chi connectivity index (χ0) is 16.5. The quantitative estimate of drug-likeness (QED) is 0.740. The van der Waals surface area contributed by atoms with Crippen LogP contribution in [0.3, 0.4) is 0 Å². The normalized spacial score (nSPS) is 10.5. The first kappa shape index (κ1) is 17.5. The summed E-state index contributed by atoms with van der Waals surface area (Å²) >= 11 is 1.50. The summed E-state index contributed by atoms with van der Waals surface area (Å²) in [6, 6.07) is 12.7. The average Bonchev–Trinajstić information content (AvgIpc) is 2.55. The van der Waals surface area contributed by atoms with E-state index in [2.05, 4.69) is 5.32 Å². The predicted molar refractivity (Wildman–Crippen MR) is 90.3 cm³/mol. The molecule has 2 nitrogen and oxygen atoms in total. The third kappa shape index (κ3) is 6.82. The molecule has 0 heterocycles. The van der Waals surface area contributed by atoms with Crippen LogP contribution in [0.4, 0.5) is 8.78 Å². The Kier molecular flexibility index (Phi) is 7.07. The second-order valence-corrected chi connectivity index (χ2v) is 6.18. The van der Waals surface area contributed by atoms with Crippen molar-refractivity contribution in [1.29, 1.82) is 0 Å². The van der Waals surface area contributed by atoms with Gasteiger partial charge >= 0.3 is 0 Å². The van der Waals surface area contributed by atoms with Gasteiger partial charge in [-0.2, -0.15) is 0 Å². The SMILES string of the molecule is O=C(CSCc1ccc(F)cc1)NCCCc1ccc(F)cc1. The number of hydrogen-bond donors (Lipinski definition) is 1. The summed E-state index contributed by atoms with van der Waals surface area (Å²) in [5.74, 6) is 0.575. The van der Waals surface area contributed by atoms with E-state index in [1.807, 2.05) is 0 Å². The number of carbonyl (C=O) groups is 1. The summed E-state index contributed by atoms with van der Waals surface area (Å²) in [6.45, 7) is 0.604. The van der Waals surface area contributed by atoms with Gasteiger partial charge in [0.05, 0.1) is 5.75 Å². The van der Waals surface area contributed by atoms with E-state index in [4.69, 9.17) is 0 Å². The lowest BCUT2D eigenvalue weighted by Crippen LogP contribution is -2.26. The smallest absolute Gasteiger partial charge is 0.230 e. The molecule has 0 atom stereocenters. The van der Waals surface area contributed by atoms with Crippen molar-refractivity contribution < 1.29 is 13.6 Å². The standard InChI is InChI=1S/C18H19F2NOS/c19-16-7-3-14(4-8-16)2-1-11-21-18(22)13-23-12-15-5-9-17(20)10-6-15/h3-10H,1-2,11-13H2,(H,21,22). The van der Waals surface area contributed by atoms with Gasteiger partial charge < -0.3 is 5.32 Å². The van der Waals surface area contributed by atoms with Crippen LogP contribution in [0.2, 0.25) is 0 Å². The van der Waals surface area contributed by atoms with E-state index in [9.17, 15) is 13.6 Å². The Bertz CT molecular complexity index is 614. The third-order valence-corrected chi connectivity index (χ3v) is 4.30. The highest BCUT2D eigenvalue weighted by Crippen LogP contribution is 2.12. The van der Waals surface area contributed by atoms with Crippen molar-refractivity contribution in [2.75, 3.05) is 12.3 Å². The molecule has 23 heavy (non-hydrogen) atoms. The number of aryl methyl sites for hydroxylation is 1. The Morgan fingerprint density at radius 1 is 0.913 bits per heavy atom. The molecule has 0 saturated heterocycles. The van der Waals surface area contributed by atoms with Crippen molar-refractivity contribution in [3.8, 4) is 0 Å². The van der Waals surface area contributed by atoms with Crippen molar-refractivity contribution in [3.63, 3.8) is 0 Å². The monoisotopic (exact) mass is 335 g/mol. The number of rotatable bonds is 8. The Labute approximate surface area is 139 Å². The van der Waals surface area contributed by atoms with Gasteiger partial charge in [0.15, 0.2) is 0 Å². The zero-order valence-electron chi connectivity index (χ0n) is 12.7. The molecule has 0 aliphatic heterocycles. The van der Waals surface area contributed by atoms with E-state index in [1.165, 1.54) is 36.0 Å². The van der Waals surface area contributed by atoms with Crippen LogP contribution in [0.25, 0.3) is 0 Å². The lowest BCUT2D eigenvalue weighted by atomic mass is 10.1. The number of carbonyl (C=O) groups excluding carboxylic acids is 1. The molecule has 5 heteroatoms. The topological polar surface area (TPSA) is 29.1 Å². The predicted octanol–water partition coefficient (Wildman–Crippen LogP) is 3.95. The molecule has 0 aliphatic rings. The molecular weight excluding hydrogens is 316 g/mol. The second kappa shape index (κ2) is 9.30. The maximum Gasteiger partial charge on any atom is 0.230 e. The molecule has 2 aromatic rings. The Hall–Kier alpha value is -1.88. The van der Waals surface area contributed by atoms with Gasteiger partial charge in [0.25, 0.3) is 0 Å². The van der Waals surface area contributed by atoms with E-state index < -0.39 is 0 Å². The molecular formula is C18H19F2NOS. The third-order valence-electron chi connectivity index (χ3n) is 3.29. The Morgan fingerprint density at radius 2 is 1.48 bits per heavy atom. The molecule has 122 valence electrons. The van der Waals surface area contributed by atoms with E-state index in [-0.39, 0.29) is 17.5 Å². The number of amides is 1. The lowest BCUT2D eigenvalue weighted by Gasteiger charge is -2.06. The van der Waals surface area contributed by atoms with Gasteiger partial charge in [-0.05, 0) is 48.2 Å². The molecule has 0 fully saturated rings. The van der Waals surface area contributed by atoms with Gasteiger partial charge in [0.1, 0.15) is 11.6 Å². The summed E-state index contributed by atoms with van der Waals surface area (Å²) in [6.07, 6.45) is 1.63. The first-order chi connectivity index (χ1) is 11.1. The van der Waals surface area contributed by atoms with Crippen molar-refractivity contribution >= 4 is 17.7 Å². The van der Waals surface area contributed by atoms with E-state index in [0.29, 0.717) is 18.1 Å². The average molecular weight is 335 g/mol. The highest BCUT2D eigenvalue weighted by atomic mass is 32.2. The first-order valence-electron chi connectivity index (χ1n) is 7.47. The molecule has 0 saturated carbocycles. The van der Waals surface area contributed by atoms with E-state index in [1.54, 1.807) is 24.3 Å². The maximum absolute atomic E-state index is 12.8. The zero-order valence-corrected chi connectivity index (χ0v) is 13.5. The second-order valence-electron chi connectivity index (χ2n) is 5.20. The molecule has 0 spiro atoms. The molecule has 1 N–H and O–H groups in total. The molecule has 0 aromatic heterocycles. The van der Waals surface area contributed by atoms with Crippen LogP contribution in [-0.4, -0.2) is 18.2 Å². The number of halogens is 2. The Morgan fingerprint density at radius 3 is 2.09 bits per heavy atom. The van der Waals surface area contributed by atoms with Crippen LogP contribution in [0.15, 0.2) is 48.5 Å². The fraction of sp³-hybridized carbons (Fsp3) is 0.278. The van der Waals surface area contributed by atoms with E-state index >= 15 is 0 Å². The van der Waals surface area contributed by atoms with Crippen LogP contribution < -0.4 is 5.32 Å². The minimum atomic E-state index is -0.252. The summed E-state index contributed by atoms with van der Waals surface area (Å²) in [5, 5.41) is 2.87. The molecule has 2 aromatic carbocycles. The van der Waals surface area contributed by atoms with Gasteiger partial charge in [0, 0.05) is 12.3 Å². The molecule has 0 bridgehead atoms. The lowest BCUT2D eigenvalue weighted by molar-refractivity contribution is -0.118. The van der Waals surface area contributed by atoms with Crippen LogP contribution in [0.1, 0.15) is 17.5 Å². The van der Waals surface area contributed by atoms with Crippen molar-refractivity contribution in [2.24, 2.45) is 0 Å². The number of thioether (sulfide) groups is 1. The number of nitrogens with one attached hydrogen (secondary N) is 1. The molecule has 0 unspecified atom stereocenters.